The molecule has 0 atom stereocenters. The Morgan fingerprint density at radius 3 is 2.38 bits per heavy atom. The van der Waals surface area contributed by atoms with Gasteiger partial charge in [0, 0.05) is 18.8 Å². The molecule has 39 heavy (non-hydrogen) atoms. The van der Waals surface area contributed by atoms with Crippen molar-refractivity contribution in [2.75, 3.05) is 49.6 Å². The second-order valence-corrected chi connectivity index (χ2v) is 12.5. The number of rotatable bonds is 9. The van der Waals surface area contributed by atoms with Crippen LogP contribution in [0, 0.1) is 5.82 Å². The van der Waals surface area contributed by atoms with Crippen LogP contribution in [0.5, 0.6) is 5.75 Å². The quantitative estimate of drug-likeness (QED) is 0.401. The molecule has 1 fully saturated rings. The van der Waals surface area contributed by atoms with Crippen molar-refractivity contribution in [3.8, 4) is 5.75 Å². The molecule has 0 unspecified atom stereocenters. The Balaban J connectivity index is 1.65. The number of benzene rings is 3. The summed E-state index contributed by atoms with van der Waals surface area (Å²) in [4.78, 5) is 12.9. The van der Waals surface area contributed by atoms with Crippen molar-refractivity contribution in [1.82, 2.24) is 4.31 Å². The minimum Gasteiger partial charge on any atom is -0.495 e. The summed E-state index contributed by atoms with van der Waals surface area (Å²) >= 11 is 5.90. The number of carbonyl (C=O) groups excluding carboxylic acids is 1. The number of hydrogen-bond donors (Lipinski definition) is 1. The summed E-state index contributed by atoms with van der Waals surface area (Å²) < 4.78 is 79.8. The van der Waals surface area contributed by atoms with Crippen LogP contribution in [0.1, 0.15) is 0 Å². The first-order valence-corrected chi connectivity index (χ1v) is 14.9. The van der Waals surface area contributed by atoms with Gasteiger partial charge in [-0.05, 0) is 48.5 Å². The van der Waals surface area contributed by atoms with E-state index in [1.165, 1.54) is 59.9 Å². The molecule has 1 heterocycles. The lowest BCUT2D eigenvalue weighted by atomic mass is 10.3. The van der Waals surface area contributed by atoms with Crippen molar-refractivity contribution >= 4 is 48.9 Å². The summed E-state index contributed by atoms with van der Waals surface area (Å²) in [5.74, 6) is -1.46. The molecule has 10 nitrogen and oxygen atoms in total. The normalized spacial score (nSPS) is 14.5. The maximum atomic E-state index is 13.8. The summed E-state index contributed by atoms with van der Waals surface area (Å²) in [5, 5.41) is 2.22. The third-order valence-electron chi connectivity index (χ3n) is 5.84. The van der Waals surface area contributed by atoms with Crippen molar-refractivity contribution in [2.24, 2.45) is 0 Å². The molecule has 208 valence electrons. The molecule has 14 heteroatoms. The first kappa shape index (κ1) is 28.8. The van der Waals surface area contributed by atoms with Crippen LogP contribution in [-0.4, -0.2) is 67.0 Å². The van der Waals surface area contributed by atoms with E-state index in [0.717, 1.165) is 16.4 Å². The Labute approximate surface area is 231 Å². The highest BCUT2D eigenvalue weighted by Gasteiger charge is 2.31. The van der Waals surface area contributed by atoms with Crippen LogP contribution in [0.15, 0.2) is 76.5 Å². The van der Waals surface area contributed by atoms with Gasteiger partial charge in [0.05, 0.1) is 35.9 Å². The van der Waals surface area contributed by atoms with Crippen LogP contribution < -0.4 is 14.4 Å². The van der Waals surface area contributed by atoms with Crippen molar-refractivity contribution in [3.63, 3.8) is 0 Å². The van der Waals surface area contributed by atoms with Gasteiger partial charge in [0.25, 0.3) is 10.0 Å². The molecule has 1 aliphatic rings. The highest BCUT2D eigenvalue weighted by atomic mass is 35.5. The number of morpholine rings is 1. The fourth-order valence-corrected chi connectivity index (χ4v) is 7.09. The largest absolute Gasteiger partial charge is 0.495 e. The summed E-state index contributed by atoms with van der Waals surface area (Å²) in [7, 11) is -6.92. The van der Waals surface area contributed by atoms with Crippen LogP contribution in [0.2, 0.25) is 5.02 Å². The molecule has 1 saturated heterocycles. The maximum absolute atomic E-state index is 13.8. The molecule has 0 bridgehead atoms. The standard InChI is InChI=1S/C25H25ClFN3O7S2/c1-36-23-10-7-18(15-24(23)39(34,35)29-11-13-37-14-12-29)28-25(31)17-30(19-8-9-22(27)21(26)16-19)38(32,33)20-5-3-2-4-6-20/h2-10,15-16H,11-14,17H2,1H3,(H,28,31). The average molecular weight is 598 g/mol. The highest BCUT2D eigenvalue weighted by molar-refractivity contribution is 7.92. The lowest BCUT2D eigenvalue weighted by molar-refractivity contribution is -0.114. The van der Waals surface area contributed by atoms with Gasteiger partial charge in [-0.3, -0.25) is 9.10 Å². The third-order valence-corrected chi connectivity index (χ3v) is 9.84. The minimum atomic E-state index is -4.27. The van der Waals surface area contributed by atoms with Crippen molar-refractivity contribution < 1.29 is 35.5 Å². The van der Waals surface area contributed by atoms with Crippen LogP contribution in [-0.2, 0) is 29.6 Å². The molecular weight excluding hydrogens is 573 g/mol. The lowest BCUT2D eigenvalue weighted by Crippen LogP contribution is -2.40. The van der Waals surface area contributed by atoms with Gasteiger partial charge < -0.3 is 14.8 Å². The van der Waals surface area contributed by atoms with Gasteiger partial charge in [0.2, 0.25) is 15.9 Å². The van der Waals surface area contributed by atoms with Gasteiger partial charge in [-0.15, -0.1) is 0 Å². The second-order valence-electron chi connectivity index (χ2n) is 8.35. The summed E-state index contributed by atoms with van der Waals surface area (Å²) in [6, 6.07) is 14.8. The molecular formula is C25H25ClFN3O7S2. The molecule has 4 rings (SSSR count). The molecule has 1 N–H and O–H groups in total. The summed E-state index contributed by atoms with van der Waals surface area (Å²) in [6.07, 6.45) is 0. The summed E-state index contributed by atoms with van der Waals surface area (Å²) in [5.41, 5.74) is 0.0625. The van der Waals surface area contributed by atoms with Crippen molar-refractivity contribution in [3.05, 3.63) is 77.6 Å². The average Bonchev–Trinajstić information content (AvgIpc) is 2.94. The Morgan fingerprint density at radius 1 is 1.05 bits per heavy atom. The Hall–Kier alpha value is -3.23. The van der Waals surface area contributed by atoms with E-state index in [4.69, 9.17) is 21.1 Å². The van der Waals surface area contributed by atoms with Gasteiger partial charge in [0.1, 0.15) is 23.0 Å². The van der Waals surface area contributed by atoms with Gasteiger partial charge >= 0.3 is 0 Å². The number of nitrogens with zero attached hydrogens (tertiary/aromatic N) is 2. The number of anilines is 2. The van der Waals surface area contributed by atoms with Crippen LogP contribution in [0.4, 0.5) is 15.8 Å². The number of sulfonamides is 2. The van der Waals surface area contributed by atoms with E-state index in [2.05, 4.69) is 5.32 Å². The molecule has 0 aromatic heterocycles. The molecule has 3 aromatic rings. The van der Waals surface area contributed by atoms with E-state index in [1.54, 1.807) is 6.07 Å². The van der Waals surface area contributed by atoms with E-state index in [0.29, 0.717) is 0 Å². The first-order valence-electron chi connectivity index (χ1n) is 11.6. The number of hydrogen-bond acceptors (Lipinski definition) is 7. The molecule has 0 saturated carbocycles. The van der Waals surface area contributed by atoms with E-state index in [1.807, 2.05) is 0 Å². The second kappa shape index (κ2) is 11.9. The predicted molar refractivity (Wildman–Crippen MR) is 144 cm³/mol. The molecule has 0 spiro atoms. The van der Waals surface area contributed by atoms with E-state index >= 15 is 0 Å². The van der Waals surface area contributed by atoms with Crippen molar-refractivity contribution in [2.45, 2.75) is 9.79 Å². The fraction of sp³-hybridized carbons (Fsp3) is 0.240. The molecule has 0 radical (unpaired) electrons. The van der Waals surface area contributed by atoms with Gasteiger partial charge in [-0.1, -0.05) is 29.8 Å². The van der Waals surface area contributed by atoms with Gasteiger partial charge in [-0.2, -0.15) is 4.31 Å². The van der Waals surface area contributed by atoms with Crippen LogP contribution in [0.25, 0.3) is 0 Å². The van der Waals surface area contributed by atoms with Gasteiger partial charge in [0.15, 0.2) is 0 Å². The third kappa shape index (κ3) is 6.34. The van der Waals surface area contributed by atoms with E-state index in [9.17, 15) is 26.0 Å². The minimum absolute atomic E-state index is 0.0364. The zero-order chi connectivity index (χ0) is 28.2. The predicted octanol–water partition coefficient (Wildman–Crippen LogP) is 3.34. The topological polar surface area (TPSA) is 122 Å². The van der Waals surface area contributed by atoms with E-state index < -0.39 is 38.3 Å². The number of methoxy groups -OCH3 is 1. The SMILES string of the molecule is COc1ccc(NC(=O)CN(c2ccc(F)c(Cl)c2)S(=O)(=O)c2ccccc2)cc1S(=O)(=O)N1CCOCC1. The summed E-state index contributed by atoms with van der Waals surface area (Å²) in [6.45, 7) is 0.105. The monoisotopic (exact) mass is 597 g/mol. The zero-order valence-electron chi connectivity index (χ0n) is 20.7. The Bertz CT molecular complexity index is 1570. The number of amides is 1. The number of ether oxygens (including phenoxy) is 2. The number of carbonyl (C=O) groups is 1. The van der Waals surface area contributed by atoms with Gasteiger partial charge in [-0.25, -0.2) is 21.2 Å². The van der Waals surface area contributed by atoms with Crippen LogP contribution >= 0.6 is 11.6 Å². The van der Waals surface area contributed by atoms with Crippen LogP contribution in [0.3, 0.4) is 0 Å². The zero-order valence-corrected chi connectivity index (χ0v) is 23.1. The smallest absolute Gasteiger partial charge is 0.264 e. The molecule has 3 aromatic carbocycles. The molecule has 1 aliphatic heterocycles. The number of halogens is 2. The lowest BCUT2D eigenvalue weighted by Gasteiger charge is -2.27. The maximum Gasteiger partial charge on any atom is 0.264 e. The highest BCUT2D eigenvalue weighted by Crippen LogP contribution is 2.31. The van der Waals surface area contributed by atoms with Crippen molar-refractivity contribution in [1.29, 1.82) is 0 Å². The fourth-order valence-electron chi connectivity index (χ4n) is 3.89. The van der Waals surface area contributed by atoms with E-state index in [-0.39, 0.29) is 58.2 Å². The number of nitrogens with one attached hydrogen (secondary N) is 1. The molecule has 1 amide bonds. The first-order chi connectivity index (χ1) is 18.5. The Morgan fingerprint density at radius 2 is 1.74 bits per heavy atom. The molecule has 0 aliphatic carbocycles. The Kier molecular flexibility index (Phi) is 8.76.